The van der Waals surface area contributed by atoms with E-state index in [2.05, 4.69) is 122 Å². The summed E-state index contributed by atoms with van der Waals surface area (Å²) in [6.45, 7) is 30.8. The number of anilines is 1. The van der Waals surface area contributed by atoms with Gasteiger partial charge in [0.05, 0.1) is 5.41 Å². The van der Waals surface area contributed by atoms with E-state index >= 15 is 0 Å². The number of rotatable bonds is 8. The van der Waals surface area contributed by atoms with Crippen LogP contribution in [0.2, 0.25) is 0 Å². The molecule has 0 N–H and O–H groups in total. The standard InChI is InChI=1S/C39H36N2O.5C2H6/c1-5-27-15-19-30(20-16-27)42-26-39(3)35-13-9-7-11-31(35)32-21-18-29(24-36(32)39)40(4)25-28-17-22-38-34(23-28)33-12-8-10-14-37(33)41(38)6-2;5*1-2/h5,7-24H,1,6,25-26H2,2-4H3;5*1-2H3. The molecule has 0 aliphatic heterocycles. The number of hydrogen-bond acceptors (Lipinski definition) is 2. The Hall–Kier alpha value is -4.76. The second-order valence-electron chi connectivity index (χ2n) is 11.6. The van der Waals surface area contributed by atoms with Gasteiger partial charge in [-0.2, -0.15) is 0 Å². The number of hydrogen-bond donors (Lipinski definition) is 0. The molecule has 278 valence electrons. The number of para-hydroxylation sites is 1. The Bertz CT molecular complexity index is 1950. The molecule has 6 aromatic rings. The predicted octanol–water partition coefficient (Wildman–Crippen LogP) is 14.6. The van der Waals surface area contributed by atoms with Crippen LogP contribution in [0, 0.1) is 0 Å². The largest absolute Gasteiger partial charge is 0.492 e. The molecule has 0 saturated carbocycles. The highest BCUT2D eigenvalue weighted by Gasteiger charge is 2.40. The fourth-order valence-electron chi connectivity index (χ4n) is 6.79. The molecule has 1 aliphatic rings. The molecule has 5 aromatic carbocycles. The Morgan fingerprint density at radius 3 is 1.90 bits per heavy atom. The first-order chi connectivity index (χ1) is 25.5. The number of nitrogens with zero attached hydrogens (tertiary/aromatic N) is 2. The first-order valence-electron chi connectivity index (χ1n) is 19.8. The molecule has 3 nitrogen and oxygen atoms in total. The molecule has 1 unspecified atom stereocenters. The number of aryl methyl sites for hydroxylation is 1. The average Bonchev–Trinajstić information content (AvgIpc) is 3.69. The van der Waals surface area contributed by atoms with Gasteiger partial charge in [0.15, 0.2) is 0 Å². The second kappa shape index (κ2) is 21.6. The van der Waals surface area contributed by atoms with Crippen molar-refractivity contribution in [3.05, 3.63) is 138 Å². The molecule has 1 aliphatic carbocycles. The van der Waals surface area contributed by atoms with Crippen molar-refractivity contribution in [2.45, 2.75) is 102 Å². The average molecular weight is 699 g/mol. The van der Waals surface area contributed by atoms with Crippen molar-refractivity contribution >= 4 is 33.6 Å². The first kappa shape index (κ1) is 43.4. The van der Waals surface area contributed by atoms with Crippen LogP contribution >= 0.6 is 0 Å². The maximum Gasteiger partial charge on any atom is 0.119 e. The van der Waals surface area contributed by atoms with E-state index in [0.717, 1.165) is 24.4 Å². The molecule has 1 atom stereocenters. The molecule has 1 heterocycles. The molecular weight excluding hydrogens is 633 g/mol. The SMILES string of the molecule is C=Cc1ccc(OCC2(C)c3ccccc3-c3ccc(N(C)Cc4ccc5c(c4)c4ccccc4n5CC)cc32)cc1.CC.CC.CC.CC.CC. The van der Waals surface area contributed by atoms with Crippen LogP contribution in [-0.2, 0) is 18.5 Å². The minimum Gasteiger partial charge on any atom is -0.492 e. The van der Waals surface area contributed by atoms with Crippen LogP contribution in [0.15, 0.2) is 116 Å². The van der Waals surface area contributed by atoms with Crippen LogP contribution in [0.25, 0.3) is 39.0 Å². The van der Waals surface area contributed by atoms with Crippen molar-refractivity contribution in [1.82, 2.24) is 4.57 Å². The van der Waals surface area contributed by atoms with Crippen LogP contribution in [0.4, 0.5) is 5.69 Å². The van der Waals surface area contributed by atoms with Gasteiger partial charge in [-0.1, -0.05) is 149 Å². The third-order valence-corrected chi connectivity index (χ3v) is 9.07. The second-order valence-corrected chi connectivity index (χ2v) is 11.6. The Morgan fingerprint density at radius 2 is 1.25 bits per heavy atom. The summed E-state index contributed by atoms with van der Waals surface area (Å²) in [5, 5.41) is 2.65. The Morgan fingerprint density at radius 1 is 0.654 bits per heavy atom. The van der Waals surface area contributed by atoms with Gasteiger partial charge in [0.2, 0.25) is 0 Å². The van der Waals surface area contributed by atoms with E-state index in [1.165, 1.54) is 55.3 Å². The monoisotopic (exact) mass is 699 g/mol. The zero-order valence-electron chi connectivity index (χ0n) is 34.6. The summed E-state index contributed by atoms with van der Waals surface area (Å²) in [7, 11) is 2.19. The van der Waals surface area contributed by atoms with Crippen LogP contribution in [-0.4, -0.2) is 18.2 Å². The summed E-state index contributed by atoms with van der Waals surface area (Å²) in [6, 6.07) is 39.5. The topological polar surface area (TPSA) is 17.4 Å². The lowest BCUT2D eigenvalue weighted by Crippen LogP contribution is -2.29. The van der Waals surface area contributed by atoms with Crippen LogP contribution in [0.1, 0.15) is 105 Å². The van der Waals surface area contributed by atoms with E-state index in [4.69, 9.17) is 4.74 Å². The Labute approximate surface area is 317 Å². The highest BCUT2D eigenvalue weighted by molar-refractivity contribution is 6.08. The first-order valence-corrected chi connectivity index (χ1v) is 19.8. The van der Waals surface area contributed by atoms with Gasteiger partial charge in [-0.25, -0.2) is 0 Å². The molecule has 1 aromatic heterocycles. The van der Waals surface area contributed by atoms with E-state index < -0.39 is 0 Å². The van der Waals surface area contributed by atoms with Crippen molar-refractivity contribution in [3.8, 4) is 16.9 Å². The molecule has 0 spiro atoms. The van der Waals surface area contributed by atoms with E-state index in [0.29, 0.717) is 6.61 Å². The van der Waals surface area contributed by atoms with E-state index in [1.807, 2.05) is 99.6 Å². The van der Waals surface area contributed by atoms with Crippen molar-refractivity contribution in [2.24, 2.45) is 0 Å². The lowest BCUT2D eigenvalue weighted by atomic mass is 9.81. The zero-order chi connectivity index (χ0) is 38.8. The van der Waals surface area contributed by atoms with Gasteiger partial charge in [-0.05, 0) is 89.7 Å². The summed E-state index contributed by atoms with van der Waals surface area (Å²) in [4.78, 5) is 2.36. The molecule has 0 radical (unpaired) electrons. The Balaban J connectivity index is 0.000000866. The maximum absolute atomic E-state index is 6.44. The summed E-state index contributed by atoms with van der Waals surface area (Å²) in [6.07, 6.45) is 1.86. The predicted molar refractivity (Wildman–Crippen MR) is 234 cm³/mol. The van der Waals surface area contributed by atoms with Crippen molar-refractivity contribution in [3.63, 3.8) is 0 Å². The molecule has 3 heteroatoms. The molecule has 0 amide bonds. The minimum absolute atomic E-state index is 0.263. The maximum atomic E-state index is 6.44. The van der Waals surface area contributed by atoms with E-state index in [9.17, 15) is 0 Å². The zero-order valence-corrected chi connectivity index (χ0v) is 34.6. The number of benzene rings is 5. The number of fused-ring (bicyclic) bond motifs is 6. The van der Waals surface area contributed by atoms with Crippen molar-refractivity contribution in [1.29, 1.82) is 0 Å². The molecule has 52 heavy (non-hydrogen) atoms. The van der Waals surface area contributed by atoms with Crippen LogP contribution in [0.3, 0.4) is 0 Å². The third kappa shape index (κ3) is 8.99. The fraction of sp³-hybridized carbons (Fsp3) is 0.347. The number of ether oxygens (including phenoxy) is 1. The highest BCUT2D eigenvalue weighted by Crippen LogP contribution is 2.50. The van der Waals surface area contributed by atoms with E-state index in [1.54, 1.807) is 0 Å². The fourth-order valence-corrected chi connectivity index (χ4v) is 6.79. The van der Waals surface area contributed by atoms with Gasteiger partial charge >= 0.3 is 0 Å². The molecular formula is C49H66N2O. The van der Waals surface area contributed by atoms with Gasteiger partial charge in [0.25, 0.3) is 0 Å². The van der Waals surface area contributed by atoms with Gasteiger partial charge in [0.1, 0.15) is 12.4 Å². The van der Waals surface area contributed by atoms with E-state index in [-0.39, 0.29) is 5.41 Å². The van der Waals surface area contributed by atoms with Crippen LogP contribution in [0.5, 0.6) is 5.75 Å². The minimum atomic E-state index is -0.263. The van der Waals surface area contributed by atoms with Crippen molar-refractivity contribution < 1.29 is 4.74 Å². The molecule has 0 bridgehead atoms. The molecule has 0 saturated heterocycles. The van der Waals surface area contributed by atoms with Crippen molar-refractivity contribution in [2.75, 3.05) is 18.6 Å². The third-order valence-electron chi connectivity index (χ3n) is 9.07. The van der Waals surface area contributed by atoms with Gasteiger partial charge < -0.3 is 14.2 Å². The van der Waals surface area contributed by atoms with Gasteiger partial charge in [-0.15, -0.1) is 0 Å². The summed E-state index contributed by atoms with van der Waals surface area (Å²) in [5.41, 5.74) is 11.2. The summed E-state index contributed by atoms with van der Waals surface area (Å²) >= 11 is 0. The number of aromatic nitrogens is 1. The lowest BCUT2D eigenvalue weighted by molar-refractivity contribution is 0.256. The van der Waals surface area contributed by atoms with Gasteiger partial charge in [0, 0.05) is 47.6 Å². The normalized spacial score (nSPS) is 13.1. The highest BCUT2D eigenvalue weighted by atomic mass is 16.5. The smallest absolute Gasteiger partial charge is 0.119 e. The van der Waals surface area contributed by atoms with Gasteiger partial charge in [-0.3, -0.25) is 0 Å². The molecule has 7 rings (SSSR count). The lowest BCUT2D eigenvalue weighted by Gasteiger charge is -2.29. The molecule has 0 fully saturated rings. The Kier molecular flexibility index (Phi) is 18.0. The van der Waals surface area contributed by atoms with Crippen LogP contribution < -0.4 is 9.64 Å². The summed E-state index contributed by atoms with van der Waals surface area (Å²) < 4.78 is 8.85. The quantitative estimate of drug-likeness (QED) is 0.157. The summed E-state index contributed by atoms with van der Waals surface area (Å²) in [5.74, 6) is 0.876.